The molecule has 0 aliphatic carbocycles. The number of aromatic hydroxyl groups is 2. The Kier molecular flexibility index (Phi) is 9.72. The number of nitrogens with zero attached hydrogens (tertiary/aromatic N) is 3. The topological polar surface area (TPSA) is 199 Å². The molecular weight excluding hydrogens is 809 g/mol. The Morgan fingerprint density at radius 1 is 1.02 bits per heavy atom. The van der Waals surface area contributed by atoms with Crippen LogP contribution in [0.3, 0.4) is 0 Å². The summed E-state index contributed by atoms with van der Waals surface area (Å²) in [5.41, 5.74) is 2.33. The summed E-state index contributed by atoms with van der Waals surface area (Å²) >= 11 is 1.35. The standard InChI is InChI=1S/C44H48N4O12S/c1-19-11-23-12-25-26(15-45)47-27-16-56-41(52)44(24-14-29(54-7)28(50)13-22(24)9-10-46-44)17-61-40(32-31(27)39-38(57-18-58-39)20(2)37(32)59-21(3)49)34(47)33(30(23)35(51)36(19)55-8)48(25)42(53)60-43(4,5)6/h11,13-14,25-27,33-34,40,46,50-51H,9-10,12,16-18H2,1-8H3/t25?,26-,27-,33+,34?,40+,44+/m0/s1. The molecule has 2 fully saturated rings. The lowest BCUT2D eigenvalue weighted by atomic mass is 9.71. The van der Waals surface area contributed by atoms with Gasteiger partial charge >= 0.3 is 18.0 Å². The van der Waals surface area contributed by atoms with Crippen molar-refractivity contribution in [2.24, 2.45) is 0 Å². The first-order chi connectivity index (χ1) is 29.0. The number of aryl methyl sites for hydroxylation is 1. The second-order valence-corrected chi connectivity index (χ2v) is 18.4. The molecule has 4 bridgehead atoms. The zero-order chi connectivity index (χ0) is 43.4. The van der Waals surface area contributed by atoms with Crippen LogP contribution < -0.4 is 29.0 Å². The number of phenolic OH excluding ortho intramolecular Hbond substituents is 2. The molecule has 7 aliphatic heterocycles. The van der Waals surface area contributed by atoms with Gasteiger partial charge in [0.1, 0.15) is 24.0 Å². The van der Waals surface area contributed by atoms with Crippen molar-refractivity contribution >= 4 is 29.8 Å². The minimum Gasteiger partial charge on any atom is -0.504 e. The predicted octanol–water partition coefficient (Wildman–Crippen LogP) is 5.29. The van der Waals surface area contributed by atoms with Crippen LogP contribution in [-0.2, 0) is 37.4 Å². The molecule has 322 valence electrons. The van der Waals surface area contributed by atoms with E-state index in [0.717, 1.165) is 11.1 Å². The molecule has 2 unspecified atom stereocenters. The Labute approximate surface area is 356 Å². The van der Waals surface area contributed by atoms with E-state index < -0.39 is 64.6 Å². The molecule has 17 heteroatoms. The number of benzene rings is 3. The Hall–Kier alpha value is -5.57. The lowest BCUT2D eigenvalue weighted by Crippen LogP contribution is -2.71. The molecule has 16 nitrogen and oxygen atoms in total. The Morgan fingerprint density at radius 3 is 2.46 bits per heavy atom. The number of nitriles is 1. The third kappa shape index (κ3) is 6.04. The van der Waals surface area contributed by atoms with Crippen LogP contribution in [0.25, 0.3) is 0 Å². The molecule has 0 saturated carbocycles. The average Bonchev–Trinajstić information content (AvgIpc) is 3.69. The van der Waals surface area contributed by atoms with Crippen LogP contribution in [0.5, 0.6) is 40.2 Å². The fraction of sp³-hybridized carbons (Fsp3) is 0.500. The van der Waals surface area contributed by atoms with Gasteiger partial charge in [-0.25, -0.2) is 9.59 Å². The van der Waals surface area contributed by atoms with Gasteiger partial charge in [-0.1, -0.05) is 6.07 Å². The van der Waals surface area contributed by atoms with Crippen molar-refractivity contribution in [3.63, 3.8) is 0 Å². The van der Waals surface area contributed by atoms with Crippen LogP contribution in [0.2, 0.25) is 0 Å². The number of piperazine rings is 1. The second-order valence-electron chi connectivity index (χ2n) is 17.3. The Balaban J connectivity index is 1.36. The number of phenols is 2. The quantitative estimate of drug-likeness (QED) is 0.227. The number of amides is 1. The first-order valence-corrected chi connectivity index (χ1v) is 21.3. The van der Waals surface area contributed by atoms with E-state index in [9.17, 15) is 29.9 Å². The van der Waals surface area contributed by atoms with Gasteiger partial charge in [-0.05, 0) is 81.8 Å². The molecule has 3 aromatic carbocycles. The van der Waals surface area contributed by atoms with E-state index in [4.69, 9.17) is 33.2 Å². The van der Waals surface area contributed by atoms with Gasteiger partial charge in [0.2, 0.25) is 6.79 Å². The van der Waals surface area contributed by atoms with E-state index in [1.807, 2.05) is 17.9 Å². The van der Waals surface area contributed by atoms with Gasteiger partial charge in [0, 0.05) is 41.5 Å². The lowest BCUT2D eigenvalue weighted by molar-refractivity contribution is -0.157. The van der Waals surface area contributed by atoms with Gasteiger partial charge in [-0.3, -0.25) is 19.9 Å². The Morgan fingerprint density at radius 2 is 1.77 bits per heavy atom. The average molecular weight is 857 g/mol. The number of esters is 2. The normalized spacial score (nSPS) is 27.1. The summed E-state index contributed by atoms with van der Waals surface area (Å²) in [4.78, 5) is 46.4. The Bertz CT molecular complexity index is 2450. The van der Waals surface area contributed by atoms with Gasteiger partial charge in [0.25, 0.3) is 0 Å². The summed E-state index contributed by atoms with van der Waals surface area (Å²) in [7, 11) is 2.90. The van der Waals surface area contributed by atoms with Crippen molar-refractivity contribution in [2.75, 3.05) is 39.9 Å². The van der Waals surface area contributed by atoms with E-state index in [1.54, 1.807) is 44.7 Å². The van der Waals surface area contributed by atoms with Crippen LogP contribution in [-0.4, -0.2) is 102 Å². The smallest absolute Gasteiger partial charge is 0.411 e. The molecule has 1 spiro atoms. The van der Waals surface area contributed by atoms with Gasteiger partial charge in [-0.15, -0.1) is 11.8 Å². The predicted molar refractivity (Wildman–Crippen MR) is 218 cm³/mol. The van der Waals surface area contributed by atoms with Crippen molar-refractivity contribution in [1.29, 1.82) is 5.26 Å². The summed E-state index contributed by atoms with van der Waals surface area (Å²) in [6.45, 7) is 10.2. The van der Waals surface area contributed by atoms with Crippen molar-refractivity contribution < 1.29 is 57.8 Å². The molecule has 7 aliphatic rings. The maximum Gasteiger partial charge on any atom is 0.411 e. The molecular formula is C44H48N4O12S. The molecule has 7 heterocycles. The zero-order valence-corrected chi connectivity index (χ0v) is 36.0. The fourth-order valence-electron chi connectivity index (χ4n) is 10.5. The maximum absolute atomic E-state index is 14.9. The van der Waals surface area contributed by atoms with Crippen LogP contribution >= 0.6 is 11.8 Å². The van der Waals surface area contributed by atoms with E-state index >= 15 is 0 Å². The third-order valence-corrected chi connectivity index (χ3v) is 14.2. The van der Waals surface area contributed by atoms with E-state index in [0.29, 0.717) is 57.8 Å². The number of carbonyl (C=O) groups excluding carboxylic acids is 3. The number of hydrogen-bond acceptors (Lipinski definition) is 16. The molecule has 3 N–H and O–H groups in total. The number of ether oxygens (including phenoxy) is 7. The van der Waals surface area contributed by atoms with Gasteiger partial charge < -0.3 is 43.4 Å². The molecule has 2 saturated heterocycles. The van der Waals surface area contributed by atoms with Crippen LogP contribution in [0.15, 0.2) is 18.2 Å². The first kappa shape index (κ1) is 40.8. The molecule has 10 rings (SSSR count). The molecule has 3 aromatic rings. The monoisotopic (exact) mass is 856 g/mol. The molecule has 7 atom stereocenters. The van der Waals surface area contributed by atoms with Gasteiger partial charge in [0.15, 0.2) is 40.0 Å². The molecule has 61 heavy (non-hydrogen) atoms. The fourth-order valence-corrected chi connectivity index (χ4v) is 12.2. The molecule has 0 aromatic heterocycles. The summed E-state index contributed by atoms with van der Waals surface area (Å²) in [5, 5.41) is 37.2. The largest absolute Gasteiger partial charge is 0.504 e. The number of nitrogens with one attached hydrogen (secondary N) is 1. The highest BCUT2D eigenvalue weighted by molar-refractivity contribution is 7.99. The second kappa shape index (κ2) is 14.5. The van der Waals surface area contributed by atoms with E-state index in [2.05, 4.69) is 11.4 Å². The number of carbonyl (C=O) groups is 3. The number of rotatable bonds is 3. The minimum atomic E-state index is -1.47. The number of thioether (sulfide) groups is 1. The SMILES string of the molecule is COc1cc2c(cc1O)CCN[C@]21CS[C@@H]2c3c(OC(C)=O)c(C)c4c(c3[C@H](COC1=O)N1C2[C@H]2c3c(cc(C)c(OC)c3O)CC([C@@H]1C#N)N2C(=O)OC(C)(C)C)OCO4. The highest BCUT2D eigenvalue weighted by atomic mass is 32.2. The highest BCUT2D eigenvalue weighted by Crippen LogP contribution is 2.65. The van der Waals surface area contributed by atoms with Crippen LogP contribution in [0.4, 0.5) is 4.79 Å². The number of fused-ring (bicyclic) bond motifs is 9. The summed E-state index contributed by atoms with van der Waals surface area (Å²) in [6.07, 6.45) is 0.0160. The van der Waals surface area contributed by atoms with E-state index in [-0.39, 0.29) is 54.3 Å². The summed E-state index contributed by atoms with van der Waals surface area (Å²) < 4.78 is 42.3. The van der Waals surface area contributed by atoms with Crippen molar-refractivity contribution in [3.05, 3.63) is 62.7 Å². The van der Waals surface area contributed by atoms with Gasteiger partial charge in [0.05, 0.1) is 49.7 Å². The maximum atomic E-state index is 14.9. The summed E-state index contributed by atoms with van der Waals surface area (Å²) in [6, 6.07) is 3.14. The van der Waals surface area contributed by atoms with Crippen molar-refractivity contribution in [3.8, 4) is 46.3 Å². The van der Waals surface area contributed by atoms with Crippen LogP contribution in [0, 0.1) is 25.2 Å². The lowest BCUT2D eigenvalue weighted by Gasteiger charge is -2.62. The first-order valence-electron chi connectivity index (χ1n) is 20.2. The zero-order valence-electron chi connectivity index (χ0n) is 35.2. The highest BCUT2D eigenvalue weighted by Gasteiger charge is 2.64. The van der Waals surface area contributed by atoms with Crippen molar-refractivity contribution in [2.45, 2.75) is 101 Å². The van der Waals surface area contributed by atoms with Gasteiger partial charge in [-0.2, -0.15) is 5.26 Å². The third-order valence-electron chi connectivity index (χ3n) is 12.7. The number of hydrogen-bond donors (Lipinski definition) is 3. The number of methoxy groups -OCH3 is 2. The van der Waals surface area contributed by atoms with Crippen molar-refractivity contribution in [1.82, 2.24) is 15.1 Å². The van der Waals surface area contributed by atoms with Crippen LogP contribution in [0.1, 0.15) is 89.5 Å². The minimum absolute atomic E-state index is 0.0226. The molecule has 0 radical (unpaired) electrons. The molecule has 1 amide bonds. The summed E-state index contributed by atoms with van der Waals surface area (Å²) in [5.74, 6) is 0.0120. The van der Waals surface area contributed by atoms with E-state index in [1.165, 1.54) is 32.9 Å².